The van der Waals surface area contributed by atoms with Gasteiger partial charge in [0, 0.05) is 32.9 Å². The molecular weight excluding hydrogens is 238 g/mol. The van der Waals surface area contributed by atoms with Crippen molar-refractivity contribution < 1.29 is 4.74 Å². The first-order chi connectivity index (χ1) is 9.08. The number of aromatic nitrogens is 1. The molecule has 0 spiro atoms. The minimum atomic E-state index is 0.366. The molecule has 1 aromatic rings. The third-order valence-corrected chi connectivity index (χ3v) is 3.70. The molecule has 0 amide bonds. The van der Waals surface area contributed by atoms with E-state index in [1.54, 1.807) is 0 Å². The molecule has 1 fully saturated rings. The van der Waals surface area contributed by atoms with Gasteiger partial charge in [-0.05, 0) is 24.8 Å². The van der Waals surface area contributed by atoms with Crippen LogP contribution in [0.5, 0.6) is 0 Å². The molecule has 2 atom stereocenters. The zero-order valence-corrected chi connectivity index (χ0v) is 12.4. The largest absolute Gasteiger partial charge is 0.379 e. The second-order valence-electron chi connectivity index (χ2n) is 5.81. The van der Waals surface area contributed by atoms with Gasteiger partial charge in [-0.25, -0.2) is 0 Å². The first-order valence-corrected chi connectivity index (χ1v) is 7.07. The summed E-state index contributed by atoms with van der Waals surface area (Å²) in [6, 6.07) is 2.52. The van der Waals surface area contributed by atoms with Crippen LogP contribution < -0.4 is 10.2 Å². The van der Waals surface area contributed by atoms with Gasteiger partial charge in [-0.15, -0.1) is 0 Å². The lowest BCUT2D eigenvalue weighted by molar-refractivity contribution is -0.0160. The number of anilines is 2. The molecule has 0 aromatic carbocycles. The van der Waals surface area contributed by atoms with E-state index in [2.05, 4.69) is 43.1 Å². The first kappa shape index (κ1) is 14.1. The molecule has 4 heteroatoms. The number of rotatable bonds is 4. The molecule has 0 aliphatic carbocycles. The van der Waals surface area contributed by atoms with E-state index in [9.17, 15) is 0 Å². The Bertz CT molecular complexity index is 406. The van der Waals surface area contributed by atoms with Crippen molar-refractivity contribution in [1.29, 1.82) is 0 Å². The second kappa shape index (κ2) is 6.24. The van der Waals surface area contributed by atoms with Crippen molar-refractivity contribution in [3.05, 3.63) is 18.5 Å². The number of pyridine rings is 1. The van der Waals surface area contributed by atoms with Crippen LogP contribution in [0, 0.1) is 5.92 Å². The normalized spacial score (nSPS) is 23.4. The molecule has 1 aromatic heterocycles. The van der Waals surface area contributed by atoms with Gasteiger partial charge in [0.25, 0.3) is 0 Å². The molecule has 1 N–H and O–H groups in total. The minimum absolute atomic E-state index is 0.366. The van der Waals surface area contributed by atoms with Gasteiger partial charge in [0.05, 0.1) is 23.7 Å². The van der Waals surface area contributed by atoms with Crippen LogP contribution in [-0.2, 0) is 4.74 Å². The molecule has 2 unspecified atom stereocenters. The SMILES string of the molecule is CC(C)C1CC(Nc2cnccc2N(C)C)CCO1. The summed E-state index contributed by atoms with van der Waals surface area (Å²) < 4.78 is 5.82. The van der Waals surface area contributed by atoms with Crippen molar-refractivity contribution in [3.63, 3.8) is 0 Å². The summed E-state index contributed by atoms with van der Waals surface area (Å²) in [5, 5.41) is 3.63. The van der Waals surface area contributed by atoms with E-state index >= 15 is 0 Å². The number of nitrogens with one attached hydrogen (secondary N) is 1. The standard InChI is InChI=1S/C15H25N3O/c1-11(2)15-9-12(6-8-19-15)17-13-10-16-7-5-14(13)18(3)4/h5,7,10-12,15,17H,6,8-9H2,1-4H3. The second-order valence-corrected chi connectivity index (χ2v) is 5.81. The summed E-state index contributed by atoms with van der Waals surface area (Å²) in [5.74, 6) is 0.576. The van der Waals surface area contributed by atoms with Crippen LogP contribution >= 0.6 is 0 Å². The third-order valence-electron chi connectivity index (χ3n) is 3.70. The average molecular weight is 263 g/mol. The fourth-order valence-electron chi connectivity index (χ4n) is 2.53. The van der Waals surface area contributed by atoms with Crippen molar-refractivity contribution >= 4 is 11.4 Å². The summed E-state index contributed by atoms with van der Waals surface area (Å²) in [6.07, 6.45) is 6.24. The van der Waals surface area contributed by atoms with E-state index in [4.69, 9.17) is 4.74 Å². The monoisotopic (exact) mass is 263 g/mol. The van der Waals surface area contributed by atoms with Crippen molar-refractivity contribution in [2.75, 3.05) is 30.9 Å². The van der Waals surface area contributed by atoms with Gasteiger partial charge in [-0.1, -0.05) is 13.8 Å². The molecule has 0 bridgehead atoms. The summed E-state index contributed by atoms with van der Waals surface area (Å²) in [4.78, 5) is 6.34. The van der Waals surface area contributed by atoms with Crippen molar-refractivity contribution in [2.45, 2.75) is 38.8 Å². The number of hydrogen-bond donors (Lipinski definition) is 1. The summed E-state index contributed by atoms with van der Waals surface area (Å²) in [6.45, 7) is 5.29. The van der Waals surface area contributed by atoms with Gasteiger partial charge in [0.15, 0.2) is 0 Å². The van der Waals surface area contributed by atoms with Crippen molar-refractivity contribution in [2.24, 2.45) is 5.92 Å². The Kier molecular flexibility index (Phi) is 4.64. The molecule has 0 saturated carbocycles. The molecule has 0 radical (unpaired) electrons. The molecule has 1 aliphatic heterocycles. The highest BCUT2D eigenvalue weighted by atomic mass is 16.5. The Balaban J connectivity index is 2.04. The van der Waals surface area contributed by atoms with E-state index in [-0.39, 0.29) is 0 Å². The van der Waals surface area contributed by atoms with Crippen LogP contribution in [0.15, 0.2) is 18.5 Å². The van der Waals surface area contributed by atoms with Crippen LogP contribution in [-0.4, -0.2) is 37.8 Å². The predicted octanol–water partition coefficient (Wildman–Crippen LogP) is 2.76. The van der Waals surface area contributed by atoms with Gasteiger partial charge in [-0.2, -0.15) is 0 Å². The summed E-state index contributed by atoms with van der Waals surface area (Å²) >= 11 is 0. The maximum atomic E-state index is 5.82. The smallest absolute Gasteiger partial charge is 0.0766 e. The fourth-order valence-corrected chi connectivity index (χ4v) is 2.53. The lowest BCUT2D eigenvalue weighted by Gasteiger charge is -2.33. The van der Waals surface area contributed by atoms with Gasteiger partial charge in [-0.3, -0.25) is 4.98 Å². The van der Waals surface area contributed by atoms with Gasteiger partial charge in [0.2, 0.25) is 0 Å². The van der Waals surface area contributed by atoms with E-state index in [1.165, 1.54) is 5.69 Å². The van der Waals surface area contributed by atoms with Crippen LogP contribution in [0.4, 0.5) is 11.4 Å². The Morgan fingerprint density at radius 2 is 2.21 bits per heavy atom. The molecule has 19 heavy (non-hydrogen) atoms. The van der Waals surface area contributed by atoms with E-state index in [0.717, 1.165) is 25.1 Å². The molecule has 2 rings (SSSR count). The minimum Gasteiger partial charge on any atom is -0.379 e. The molecule has 1 saturated heterocycles. The van der Waals surface area contributed by atoms with Crippen LogP contribution in [0.2, 0.25) is 0 Å². The van der Waals surface area contributed by atoms with E-state index in [1.807, 2.05) is 18.5 Å². The number of ether oxygens (including phenoxy) is 1. The van der Waals surface area contributed by atoms with Gasteiger partial charge >= 0.3 is 0 Å². The van der Waals surface area contributed by atoms with Crippen LogP contribution in [0.3, 0.4) is 0 Å². The fraction of sp³-hybridized carbons (Fsp3) is 0.667. The number of hydrogen-bond acceptors (Lipinski definition) is 4. The highest BCUT2D eigenvalue weighted by molar-refractivity contribution is 5.68. The molecule has 106 valence electrons. The predicted molar refractivity (Wildman–Crippen MR) is 79.8 cm³/mol. The zero-order valence-electron chi connectivity index (χ0n) is 12.4. The summed E-state index contributed by atoms with van der Waals surface area (Å²) in [7, 11) is 4.11. The molecule has 2 heterocycles. The third kappa shape index (κ3) is 3.60. The summed E-state index contributed by atoms with van der Waals surface area (Å²) in [5.41, 5.74) is 2.30. The maximum Gasteiger partial charge on any atom is 0.0766 e. The number of nitrogens with zero attached hydrogens (tertiary/aromatic N) is 2. The molecule has 1 aliphatic rings. The Morgan fingerprint density at radius 3 is 2.89 bits per heavy atom. The van der Waals surface area contributed by atoms with Crippen molar-refractivity contribution in [3.8, 4) is 0 Å². The first-order valence-electron chi connectivity index (χ1n) is 7.07. The van der Waals surface area contributed by atoms with Crippen LogP contribution in [0.1, 0.15) is 26.7 Å². The van der Waals surface area contributed by atoms with Crippen LogP contribution in [0.25, 0.3) is 0 Å². The van der Waals surface area contributed by atoms with E-state index < -0.39 is 0 Å². The van der Waals surface area contributed by atoms with Gasteiger partial charge < -0.3 is 15.0 Å². The highest BCUT2D eigenvalue weighted by Gasteiger charge is 2.25. The molecule has 4 nitrogen and oxygen atoms in total. The topological polar surface area (TPSA) is 37.4 Å². The quantitative estimate of drug-likeness (QED) is 0.906. The van der Waals surface area contributed by atoms with Gasteiger partial charge in [0.1, 0.15) is 0 Å². The molecular formula is C15H25N3O. The maximum absolute atomic E-state index is 5.82. The highest BCUT2D eigenvalue weighted by Crippen LogP contribution is 2.27. The Hall–Kier alpha value is -1.29. The Morgan fingerprint density at radius 1 is 1.42 bits per heavy atom. The lowest BCUT2D eigenvalue weighted by Crippen LogP contribution is -2.36. The van der Waals surface area contributed by atoms with E-state index in [0.29, 0.717) is 18.1 Å². The average Bonchev–Trinajstić information content (AvgIpc) is 2.39. The zero-order chi connectivity index (χ0) is 13.8. The van der Waals surface area contributed by atoms with Crippen molar-refractivity contribution in [1.82, 2.24) is 4.98 Å². The lowest BCUT2D eigenvalue weighted by atomic mass is 9.95. The Labute approximate surface area is 116 Å².